The van der Waals surface area contributed by atoms with Crippen molar-refractivity contribution in [1.29, 1.82) is 0 Å². The summed E-state index contributed by atoms with van der Waals surface area (Å²) in [7, 11) is 1.56. The van der Waals surface area contributed by atoms with Crippen LogP contribution in [0, 0.1) is 11.6 Å². The molecule has 1 amide bonds. The number of halogens is 2. The molecule has 0 aliphatic heterocycles. The number of H-pyrrole nitrogens is 1. The molecule has 0 spiro atoms. The molecule has 9 heteroatoms. The molecule has 3 aromatic heterocycles. The van der Waals surface area contributed by atoms with E-state index in [0.29, 0.717) is 28.6 Å². The smallest absolute Gasteiger partial charge is 0.274 e. The van der Waals surface area contributed by atoms with E-state index in [-0.39, 0.29) is 33.9 Å². The number of hydrogen-bond donors (Lipinski definition) is 3. The van der Waals surface area contributed by atoms with Gasteiger partial charge in [0.05, 0.1) is 11.3 Å². The van der Waals surface area contributed by atoms with E-state index in [0.717, 1.165) is 12.1 Å². The minimum atomic E-state index is -1.26. The zero-order valence-corrected chi connectivity index (χ0v) is 19.2. The number of nitrogens with zero attached hydrogens (tertiary/aromatic N) is 2. The van der Waals surface area contributed by atoms with E-state index < -0.39 is 17.2 Å². The molecule has 3 heterocycles. The number of pyridine rings is 2. The summed E-state index contributed by atoms with van der Waals surface area (Å²) in [6.45, 7) is 5.37. The van der Waals surface area contributed by atoms with E-state index in [1.54, 1.807) is 46.1 Å². The maximum Gasteiger partial charge on any atom is 0.274 e. The molecule has 0 saturated heterocycles. The molecule has 176 valence electrons. The number of carbonyl (C=O) groups is 1. The lowest BCUT2D eigenvalue weighted by Gasteiger charge is -2.20. The molecule has 0 unspecified atom stereocenters. The Morgan fingerprint density at radius 1 is 1.18 bits per heavy atom. The van der Waals surface area contributed by atoms with E-state index in [9.17, 15) is 23.5 Å². The van der Waals surface area contributed by atoms with Crippen molar-refractivity contribution in [3.05, 3.63) is 76.0 Å². The van der Waals surface area contributed by atoms with Gasteiger partial charge in [0, 0.05) is 59.7 Å². The number of aromatic nitrogens is 3. The Labute approximate surface area is 194 Å². The molecule has 0 radical (unpaired) electrons. The molecule has 4 rings (SSSR count). The van der Waals surface area contributed by atoms with Gasteiger partial charge in [-0.05, 0) is 45.0 Å². The highest BCUT2D eigenvalue weighted by Crippen LogP contribution is 2.37. The number of amides is 1. The average Bonchev–Trinajstić information content (AvgIpc) is 3.22. The second-order valence-corrected chi connectivity index (χ2v) is 8.59. The van der Waals surface area contributed by atoms with Crippen LogP contribution in [-0.2, 0) is 12.6 Å². The van der Waals surface area contributed by atoms with Gasteiger partial charge in [0.2, 0.25) is 0 Å². The lowest BCUT2D eigenvalue weighted by molar-refractivity contribution is 0.0783. The SMILES string of the molecule is CCNC(=O)c1cc2c(-c3cc(C(C)(C)O)cnc3-c3ccc(F)cc3F)cn(C)c(=O)c2[nH]1. The number of aryl methyl sites for hydroxylation is 1. The largest absolute Gasteiger partial charge is 0.386 e. The molecular weight excluding hydrogens is 442 g/mol. The van der Waals surface area contributed by atoms with Crippen LogP contribution in [0.3, 0.4) is 0 Å². The summed E-state index contributed by atoms with van der Waals surface area (Å²) in [5.41, 5.74) is 0.388. The second kappa shape index (κ2) is 8.49. The molecule has 4 aromatic rings. The van der Waals surface area contributed by atoms with Crippen molar-refractivity contribution in [2.24, 2.45) is 7.05 Å². The average molecular weight is 466 g/mol. The Morgan fingerprint density at radius 3 is 2.56 bits per heavy atom. The normalized spacial score (nSPS) is 11.7. The summed E-state index contributed by atoms with van der Waals surface area (Å²) < 4.78 is 29.7. The second-order valence-electron chi connectivity index (χ2n) is 8.59. The number of aromatic amines is 1. The van der Waals surface area contributed by atoms with Gasteiger partial charge in [-0.25, -0.2) is 8.78 Å². The minimum absolute atomic E-state index is 0.0557. The van der Waals surface area contributed by atoms with Crippen molar-refractivity contribution < 1.29 is 18.7 Å². The first kappa shape index (κ1) is 23.3. The van der Waals surface area contributed by atoms with Crippen LogP contribution in [0.5, 0.6) is 0 Å². The molecule has 0 bridgehead atoms. The number of rotatable bonds is 5. The van der Waals surface area contributed by atoms with Crippen LogP contribution in [0.4, 0.5) is 8.78 Å². The summed E-state index contributed by atoms with van der Waals surface area (Å²) in [6.07, 6.45) is 2.99. The zero-order valence-electron chi connectivity index (χ0n) is 19.2. The summed E-state index contributed by atoms with van der Waals surface area (Å²) >= 11 is 0. The number of benzene rings is 1. The first-order chi connectivity index (χ1) is 16.0. The van der Waals surface area contributed by atoms with Crippen molar-refractivity contribution in [3.63, 3.8) is 0 Å². The van der Waals surface area contributed by atoms with E-state index in [4.69, 9.17) is 0 Å². The summed E-state index contributed by atoms with van der Waals surface area (Å²) in [5, 5.41) is 13.7. The van der Waals surface area contributed by atoms with Gasteiger partial charge in [0.1, 0.15) is 22.8 Å². The van der Waals surface area contributed by atoms with Crippen LogP contribution >= 0.6 is 0 Å². The number of fused-ring (bicyclic) bond motifs is 1. The van der Waals surface area contributed by atoms with Gasteiger partial charge in [-0.1, -0.05) is 0 Å². The Bertz CT molecular complexity index is 1480. The van der Waals surface area contributed by atoms with E-state index >= 15 is 0 Å². The Morgan fingerprint density at radius 2 is 1.91 bits per heavy atom. The lowest BCUT2D eigenvalue weighted by Crippen LogP contribution is -2.23. The summed E-state index contributed by atoms with van der Waals surface area (Å²) in [4.78, 5) is 32.5. The number of carbonyl (C=O) groups excluding carboxylic acids is 1. The van der Waals surface area contributed by atoms with Crippen LogP contribution in [0.1, 0.15) is 36.8 Å². The van der Waals surface area contributed by atoms with Crippen LogP contribution in [-0.4, -0.2) is 32.1 Å². The topological polar surface area (TPSA) is 100 Å². The maximum atomic E-state index is 14.8. The first-order valence-corrected chi connectivity index (χ1v) is 10.7. The molecule has 0 aliphatic rings. The van der Waals surface area contributed by atoms with Crippen LogP contribution < -0.4 is 10.9 Å². The van der Waals surface area contributed by atoms with Gasteiger partial charge in [0.25, 0.3) is 11.5 Å². The molecule has 3 N–H and O–H groups in total. The Kier molecular flexibility index (Phi) is 5.82. The number of hydrogen-bond acceptors (Lipinski definition) is 4. The third-order valence-corrected chi connectivity index (χ3v) is 5.62. The standard InChI is InChI=1S/C25H24F2N4O3/c1-5-28-23(32)20-10-17-18(12-31(4)24(33)22(17)30-20)16-8-13(25(2,3)34)11-29-21(16)15-7-6-14(26)9-19(15)27/h6-12,30,34H,5H2,1-4H3,(H,28,32). The zero-order chi connectivity index (χ0) is 24.8. The van der Waals surface area contributed by atoms with Gasteiger partial charge < -0.3 is 20.0 Å². The van der Waals surface area contributed by atoms with E-state index in [1.807, 2.05) is 0 Å². The molecule has 0 aliphatic carbocycles. The third kappa shape index (κ3) is 4.10. The monoisotopic (exact) mass is 466 g/mol. The fraction of sp³-hybridized carbons (Fsp3) is 0.240. The van der Waals surface area contributed by atoms with Crippen molar-refractivity contribution >= 4 is 16.8 Å². The van der Waals surface area contributed by atoms with Gasteiger partial charge in [-0.15, -0.1) is 0 Å². The van der Waals surface area contributed by atoms with Crippen LogP contribution in [0.15, 0.2) is 47.5 Å². The quantitative estimate of drug-likeness (QED) is 0.416. The number of aliphatic hydroxyl groups is 1. The van der Waals surface area contributed by atoms with Crippen molar-refractivity contribution in [2.45, 2.75) is 26.4 Å². The van der Waals surface area contributed by atoms with Crippen molar-refractivity contribution in [3.8, 4) is 22.4 Å². The molecule has 1 aromatic carbocycles. The molecule has 0 fully saturated rings. The minimum Gasteiger partial charge on any atom is -0.386 e. The highest BCUT2D eigenvalue weighted by molar-refractivity contribution is 6.04. The number of nitrogens with one attached hydrogen (secondary N) is 2. The highest BCUT2D eigenvalue weighted by Gasteiger charge is 2.24. The summed E-state index contributed by atoms with van der Waals surface area (Å²) in [6, 6.07) is 6.40. The van der Waals surface area contributed by atoms with Crippen molar-refractivity contribution in [1.82, 2.24) is 19.9 Å². The fourth-order valence-electron chi connectivity index (χ4n) is 3.83. The molecular formula is C25H24F2N4O3. The van der Waals surface area contributed by atoms with E-state index in [1.165, 1.54) is 16.8 Å². The lowest BCUT2D eigenvalue weighted by atomic mass is 9.92. The predicted molar refractivity (Wildman–Crippen MR) is 125 cm³/mol. The Balaban J connectivity index is 2.08. The Hall–Kier alpha value is -3.85. The maximum absolute atomic E-state index is 14.8. The summed E-state index contributed by atoms with van der Waals surface area (Å²) in [5.74, 6) is -1.90. The third-order valence-electron chi connectivity index (χ3n) is 5.62. The van der Waals surface area contributed by atoms with Gasteiger partial charge in [0.15, 0.2) is 0 Å². The van der Waals surface area contributed by atoms with Crippen LogP contribution in [0.25, 0.3) is 33.3 Å². The predicted octanol–water partition coefficient (Wildman–Crippen LogP) is 3.85. The molecule has 0 saturated carbocycles. The highest BCUT2D eigenvalue weighted by atomic mass is 19.1. The molecule has 34 heavy (non-hydrogen) atoms. The first-order valence-electron chi connectivity index (χ1n) is 10.7. The van der Waals surface area contributed by atoms with Gasteiger partial charge in [-0.2, -0.15) is 0 Å². The van der Waals surface area contributed by atoms with Crippen molar-refractivity contribution in [2.75, 3.05) is 6.54 Å². The van der Waals surface area contributed by atoms with Gasteiger partial charge in [-0.3, -0.25) is 14.6 Å². The van der Waals surface area contributed by atoms with Crippen LogP contribution in [0.2, 0.25) is 0 Å². The molecule has 7 nitrogen and oxygen atoms in total. The van der Waals surface area contributed by atoms with E-state index in [2.05, 4.69) is 15.3 Å². The molecule has 0 atom stereocenters. The van der Waals surface area contributed by atoms with Gasteiger partial charge >= 0.3 is 0 Å². The fourth-order valence-corrected chi connectivity index (χ4v) is 3.83.